The summed E-state index contributed by atoms with van der Waals surface area (Å²) < 4.78 is 5.99. The van der Waals surface area contributed by atoms with Crippen LogP contribution >= 0.6 is 0 Å². The Hall–Kier alpha value is -2.35. The van der Waals surface area contributed by atoms with E-state index in [1.165, 1.54) is 12.8 Å². The quantitative estimate of drug-likeness (QED) is 0.460. The number of rotatable bonds is 7. The van der Waals surface area contributed by atoms with Gasteiger partial charge in [0.15, 0.2) is 5.78 Å². The molecular weight excluding hydrogens is 296 g/mol. The van der Waals surface area contributed by atoms with Crippen LogP contribution < -0.4 is 4.74 Å². The lowest BCUT2D eigenvalue weighted by atomic mass is 9.84. The van der Waals surface area contributed by atoms with Crippen molar-refractivity contribution in [2.45, 2.75) is 44.9 Å². The molecule has 2 heteroatoms. The van der Waals surface area contributed by atoms with Crippen LogP contribution in [0, 0.1) is 0 Å². The number of fused-ring (bicyclic) bond motifs is 2. The number of carbonyl (C=O) groups excluding carboxylic acids is 1. The normalized spacial score (nSPS) is 13.4. The molecule has 124 valence electrons. The van der Waals surface area contributed by atoms with Crippen molar-refractivity contribution in [1.82, 2.24) is 0 Å². The molecule has 0 radical (unpaired) electrons. The van der Waals surface area contributed by atoms with Gasteiger partial charge in [-0.15, -0.1) is 0 Å². The van der Waals surface area contributed by atoms with Crippen molar-refractivity contribution in [2.75, 3.05) is 0 Å². The van der Waals surface area contributed by atoms with Gasteiger partial charge in [0.1, 0.15) is 11.5 Å². The van der Waals surface area contributed by atoms with Crippen LogP contribution in [-0.2, 0) is 4.79 Å². The summed E-state index contributed by atoms with van der Waals surface area (Å²) in [5.74, 6) is 1.98. The minimum Gasteiger partial charge on any atom is -0.457 e. The van der Waals surface area contributed by atoms with E-state index in [-0.39, 0.29) is 11.7 Å². The molecule has 1 heterocycles. The first-order valence-electron chi connectivity index (χ1n) is 8.84. The van der Waals surface area contributed by atoms with Crippen LogP contribution in [-0.4, -0.2) is 5.78 Å². The molecule has 0 aromatic heterocycles. The molecule has 3 rings (SSSR count). The maximum absolute atomic E-state index is 12.4. The lowest BCUT2D eigenvalue weighted by molar-refractivity contribution is -0.114. The second-order valence-electron chi connectivity index (χ2n) is 6.30. The summed E-state index contributed by atoms with van der Waals surface area (Å²) in [7, 11) is 0. The van der Waals surface area contributed by atoms with Crippen molar-refractivity contribution in [2.24, 2.45) is 0 Å². The fourth-order valence-electron chi connectivity index (χ4n) is 3.22. The third-order valence-corrected chi connectivity index (χ3v) is 4.49. The number of allylic oxidation sites excluding steroid dienone is 2. The van der Waals surface area contributed by atoms with Gasteiger partial charge in [0.05, 0.1) is 0 Å². The largest absolute Gasteiger partial charge is 0.457 e. The molecule has 0 unspecified atom stereocenters. The molecule has 0 N–H and O–H groups in total. The molecule has 0 fully saturated rings. The molecule has 0 aliphatic carbocycles. The number of hydrogen-bond acceptors (Lipinski definition) is 2. The monoisotopic (exact) mass is 320 g/mol. The summed E-state index contributed by atoms with van der Waals surface area (Å²) >= 11 is 0. The van der Waals surface area contributed by atoms with Crippen LogP contribution in [0.25, 0.3) is 0 Å². The molecule has 0 spiro atoms. The predicted octanol–water partition coefficient (Wildman–Crippen LogP) is 6.02. The number of unbranched alkanes of at least 4 members (excludes halogenated alkanes) is 3. The van der Waals surface area contributed by atoms with Crippen LogP contribution in [0.2, 0.25) is 0 Å². The molecule has 0 atom stereocenters. The van der Waals surface area contributed by atoms with Crippen molar-refractivity contribution in [3.63, 3.8) is 0 Å². The summed E-state index contributed by atoms with van der Waals surface area (Å²) in [4.78, 5) is 12.4. The number of hydrogen-bond donors (Lipinski definition) is 0. The lowest BCUT2D eigenvalue weighted by Crippen LogP contribution is -2.13. The van der Waals surface area contributed by atoms with Gasteiger partial charge in [-0.05, 0) is 31.1 Å². The molecule has 1 aliphatic heterocycles. The van der Waals surface area contributed by atoms with Gasteiger partial charge in [-0.25, -0.2) is 0 Å². The third-order valence-electron chi connectivity index (χ3n) is 4.49. The highest BCUT2D eigenvalue weighted by atomic mass is 16.5. The molecular formula is C22H24O2. The van der Waals surface area contributed by atoms with Crippen LogP contribution in [0.3, 0.4) is 0 Å². The van der Waals surface area contributed by atoms with Crippen molar-refractivity contribution in [3.8, 4) is 11.5 Å². The number of ketones is 1. The zero-order chi connectivity index (χ0) is 16.8. The van der Waals surface area contributed by atoms with Crippen molar-refractivity contribution < 1.29 is 9.53 Å². The fraction of sp³-hybridized carbons (Fsp3) is 0.318. The summed E-state index contributed by atoms with van der Waals surface area (Å²) in [5.41, 5.74) is 2.20. The highest BCUT2D eigenvalue weighted by Crippen LogP contribution is 2.45. The molecule has 2 aromatic rings. The standard InChI is InChI=1S/C22H24O2/c1-2-3-4-5-6-11-17(23)16-20-18-12-7-9-14-21(18)24-22-15-10-8-13-19(20)22/h6-15,20H,2-5,16H2,1H3. The van der Waals surface area contributed by atoms with E-state index in [9.17, 15) is 4.79 Å². The van der Waals surface area contributed by atoms with Crippen molar-refractivity contribution in [3.05, 3.63) is 71.8 Å². The second kappa shape index (κ2) is 7.96. The number of benzene rings is 2. The van der Waals surface area contributed by atoms with Crippen molar-refractivity contribution in [1.29, 1.82) is 0 Å². The average Bonchev–Trinajstić information content (AvgIpc) is 2.61. The van der Waals surface area contributed by atoms with Crippen LogP contribution in [0.4, 0.5) is 0 Å². The Kier molecular flexibility index (Phi) is 5.47. The molecule has 2 nitrogen and oxygen atoms in total. The lowest BCUT2D eigenvalue weighted by Gasteiger charge is -2.27. The van der Waals surface area contributed by atoms with E-state index in [2.05, 4.69) is 19.1 Å². The van der Waals surface area contributed by atoms with Gasteiger partial charge in [-0.3, -0.25) is 4.79 Å². The zero-order valence-corrected chi connectivity index (χ0v) is 14.2. The molecule has 0 bridgehead atoms. The van der Waals surface area contributed by atoms with Crippen LogP contribution in [0.15, 0.2) is 60.7 Å². The van der Waals surface area contributed by atoms with Gasteiger partial charge in [0.2, 0.25) is 0 Å². The zero-order valence-electron chi connectivity index (χ0n) is 14.2. The third kappa shape index (κ3) is 3.76. The Bertz CT molecular complexity index is 685. The Morgan fingerprint density at radius 1 is 1.00 bits per heavy atom. The van der Waals surface area contributed by atoms with Gasteiger partial charge >= 0.3 is 0 Å². The molecule has 2 aromatic carbocycles. The number of carbonyl (C=O) groups is 1. The smallest absolute Gasteiger partial charge is 0.156 e. The Labute approximate surface area is 144 Å². The van der Waals surface area contributed by atoms with Crippen LogP contribution in [0.1, 0.15) is 56.1 Å². The molecule has 1 aliphatic rings. The van der Waals surface area contributed by atoms with E-state index in [1.807, 2.05) is 42.5 Å². The highest BCUT2D eigenvalue weighted by molar-refractivity contribution is 5.90. The summed E-state index contributed by atoms with van der Waals surface area (Å²) in [5, 5.41) is 0. The van der Waals surface area contributed by atoms with E-state index < -0.39 is 0 Å². The second-order valence-corrected chi connectivity index (χ2v) is 6.30. The van der Waals surface area contributed by atoms with E-state index in [1.54, 1.807) is 6.08 Å². The Morgan fingerprint density at radius 3 is 2.25 bits per heavy atom. The Balaban J connectivity index is 1.76. The highest BCUT2D eigenvalue weighted by Gasteiger charge is 2.27. The predicted molar refractivity (Wildman–Crippen MR) is 97.7 cm³/mol. The molecule has 0 saturated heterocycles. The van der Waals surface area contributed by atoms with Gasteiger partial charge in [0, 0.05) is 23.5 Å². The maximum Gasteiger partial charge on any atom is 0.156 e. The van der Waals surface area contributed by atoms with E-state index in [0.29, 0.717) is 6.42 Å². The summed E-state index contributed by atoms with van der Waals surface area (Å²) in [6.07, 6.45) is 8.84. The minimum absolute atomic E-state index is 0.0685. The van der Waals surface area contributed by atoms with Gasteiger partial charge in [-0.2, -0.15) is 0 Å². The molecule has 24 heavy (non-hydrogen) atoms. The van der Waals surface area contributed by atoms with Gasteiger partial charge < -0.3 is 4.74 Å². The number of ether oxygens (including phenoxy) is 1. The van der Waals surface area contributed by atoms with Gasteiger partial charge in [0.25, 0.3) is 0 Å². The maximum atomic E-state index is 12.4. The van der Waals surface area contributed by atoms with E-state index >= 15 is 0 Å². The first kappa shape index (κ1) is 16.5. The van der Waals surface area contributed by atoms with E-state index in [4.69, 9.17) is 4.74 Å². The topological polar surface area (TPSA) is 26.3 Å². The Morgan fingerprint density at radius 2 is 1.62 bits per heavy atom. The van der Waals surface area contributed by atoms with Crippen molar-refractivity contribution >= 4 is 5.78 Å². The van der Waals surface area contributed by atoms with Gasteiger partial charge in [-0.1, -0.05) is 62.2 Å². The van der Waals surface area contributed by atoms with E-state index in [0.717, 1.165) is 35.5 Å². The molecule has 0 amide bonds. The fourth-order valence-corrected chi connectivity index (χ4v) is 3.22. The number of para-hydroxylation sites is 2. The first-order chi connectivity index (χ1) is 11.8. The van der Waals surface area contributed by atoms with Crippen LogP contribution in [0.5, 0.6) is 11.5 Å². The summed E-state index contributed by atoms with van der Waals surface area (Å²) in [6, 6.07) is 16.0. The SMILES string of the molecule is CCCCCC=CC(=O)CC1c2ccccc2Oc2ccccc21. The minimum atomic E-state index is 0.0685. The summed E-state index contributed by atoms with van der Waals surface area (Å²) in [6.45, 7) is 2.19. The molecule has 0 saturated carbocycles. The average molecular weight is 320 g/mol. The first-order valence-corrected chi connectivity index (χ1v) is 8.84.